The molecule has 8 heteroatoms. The van der Waals surface area contributed by atoms with E-state index in [4.69, 9.17) is 16.0 Å². The fourth-order valence-electron chi connectivity index (χ4n) is 3.80. The van der Waals surface area contributed by atoms with E-state index in [1.54, 1.807) is 48.3 Å². The molecule has 5 rings (SSSR count). The number of fused-ring (bicyclic) bond motifs is 1. The van der Waals surface area contributed by atoms with Crippen LogP contribution in [-0.2, 0) is 4.79 Å². The predicted octanol–water partition coefficient (Wildman–Crippen LogP) is 4.12. The summed E-state index contributed by atoms with van der Waals surface area (Å²) in [5, 5.41) is 3.50. The number of amides is 1. The standard InChI is InChI=1S/C25H18ClN3O3S/c1-15-21(23(30)28-19-5-3-2-4-6-19)22(17-7-9-18(26)10-8-17)29-24(31)20(33-25(29)27-15)13-16-11-12-32-14-16/h2-14,22H,1H3,(H,28,30)/b20-13+/t22-/m1/s1. The van der Waals surface area contributed by atoms with Gasteiger partial charge in [0.1, 0.15) is 0 Å². The van der Waals surface area contributed by atoms with Gasteiger partial charge in [-0.25, -0.2) is 4.99 Å². The third kappa shape index (κ3) is 4.08. The average Bonchev–Trinajstić information content (AvgIpc) is 3.42. The summed E-state index contributed by atoms with van der Waals surface area (Å²) in [4.78, 5) is 32.1. The minimum atomic E-state index is -0.645. The predicted molar refractivity (Wildman–Crippen MR) is 129 cm³/mol. The van der Waals surface area contributed by atoms with Crippen LogP contribution >= 0.6 is 22.9 Å². The van der Waals surface area contributed by atoms with E-state index < -0.39 is 6.04 Å². The number of hydrogen-bond acceptors (Lipinski definition) is 5. The van der Waals surface area contributed by atoms with Crippen LogP contribution in [0.2, 0.25) is 5.02 Å². The topological polar surface area (TPSA) is 76.6 Å². The van der Waals surface area contributed by atoms with E-state index in [2.05, 4.69) is 10.3 Å². The minimum absolute atomic E-state index is 0.225. The molecule has 3 heterocycles. The number of allylic oxidation sites excluding steroid dienone is 1. The molecular weight excluding hydrogens is 458 g/mol. The molecule has 164 valence electrons. The molecule has 0 saturated carbocycles. The summed E-state index contributed by atoms with van der Waals surface area (Å²) in [6.07, 6.45) is 4.88. The molecule has 1 aliphatic heterocycles. The van der Waals surface area contributed by atoms with Crippen LogP contribution in [0.25, 0.3) is 6.08 Å². The van der Waals surface area contributed by atoms with Crippen molar-refractivity contribution in [2.45, 2.75) is 13.0 Å². The molecule has 33 heavy (non-hydrogen) atoms. The first-order chi connectivity index (χ1) is 16.0. The van der Waals surface area contributed by atoms with Crippen molar-refractivity contribution in [3.8, 4) is 0 Å². The SMILES string of the molecule is CC1=C(C(=O)Nc2ccccc2)[C@@H](c2ccc(Cl)cc2)n2c(s/c(=C/c3ccoc3)c2=O)=N1. The number of nitrogens with zero attached hydrogens (tertiary/aromatic N) is 2. The van der Waals surface area contributed by atoms with Crippen molar-refractivity contribution in [3.63, 3.8) is 0 Å². The second-order valence-electron chi connectivity index (χ2n) is 7.51. The summed E-state index contributed by atoms with van der Waals surface area (Å²) in [6.45, 7) is 1.79. The van der Waals surface area contributed by atoms with Crippen molar-refractivity contribution in [2.24, 2.45) is 4.99 Å². The Bertz CT molecular complexity index is 1530. The Labute approximate surface area is 197 Å². The maximum absolute atomic E-state index is 13.5. The first-order valence-corrected chi connectivity index (χ1v) is 11.4. The van der Waals surface area contributed by atoms with Crippen LogP contribution in [0, 0.1) is 0 Å². The monoisotopic (exact) mass is 475 g/mol. The number of carbonyl (C=O) groups is 1. The third-order valence-electron chi connectivity index (χ3n) is 5.32. The van der Waals surface area contributed by atoms with Gasteiger partial charge < -0.3 is 9.73 Å². The molecule has 4 aromatic rings. The maximum atomic E-state index is 13.5. The number of furan rings is 1. The fraction of sp³-hybridized carbons (Fsp3) is 0.0800. The molecule has 1 aliphatic rings. The number of halogens is 1. The lowest BCUT2D eigenvalue weighted by Gasteiger charge is -2.25. The molecule has 1 N–H and O–H groups in total. The van der Waals surface area contributed by atoms with Crippen LogP contribution in [0.4, 0.5) is 5.69 Å². The highest BCUT2D eigenvalue weighted by Crippen LogP contribution is 2.31. The summed E-state index contributed by atoms with van der Waals surface area (Å²) in [6, 6.07) is 17.5. The number of carbonyl (C=O) groups excluding carboxylic acids is 1. The highest BCUT2D eigenvalue weighted by molar-refractivity contribution is 7.07. The van der Waals surface area contributed by atoms with Gasteiger partial charge in [0.05, 0.1) is 34.4 Å². The molecule has 0 saturated heterocycles. The molecule has 1 amide bonds. The van der Waals surface area contributed by atoms with E-state index in [-0.39, 0.29) is 11.5 Å². The van der Waals surface area contributed by atoms with Crippen molar-refractivity contribution < 1.29 is 9.21 Å². The number of benzene rings is 2. The van der Waals surface area contributed by atoms with Crippen molar-refractivity contribution in [1.29, 1.82) is 0 Å². The molecule has 0 aliphatic carbocycles. The van der Waals surface area contributed by atoms with E-state index in [1.807, 2.05) is 42.5 Å². The molecule has 0 unspecified atom stereocenters. The van der Waals surface area contributed by atoms with Gasteiger partial charge >= 0.3 is 0 Å². The lowest BCUT2D eigenvalue weighted by molar-refractivity contribution is -0.113. The summed E-state index contributed by atoms with van der Waals surface area (Å²) in [5.41, 5.74) is 2.94. The Morgan fingerprint density at radius 1 is 1.15 bits per heavy atom. The molecule has 6 nitrogen and oxygen atoms in total. The first kappa shape index (κ1) is 21.2. The quantitative estimate of drug-likeness (QED) is 0.482. The summed E-state index contributed by atoms with van der Waals surface area (Å²) in [7, 11) is 0. The fourth-order valence-corrected chi connectivity index (χ4v) is 4.97. The molecule has 2 aromatic carbocycles. The number of para-hydroxylation sites is 1. The Balaban J connectivity index is 1.68. The minimum Gasteiger partial charge on any atom is -0.472 e. The Morgan fingerprint density at radius 2 is 1.91 bits per heavy atom. The van der Waals surface area contributed by atoms with Gasteiger partial charge in [-0.15, -0.1) is 0 Å². The number of anilines is 1. The van der Waals surface area contributed by atoms with E-state index in [0.29, 0.717) is 31.3 Å². The average molecular weight is 476 g/mol. The number of hydrogen-bond donors (Lipinski definition) is 1. The lowest BCUT2D eigenvalue weighted by Crippen LogP contribution is -2.40. The number of nitrogens with one attached hydrogen (secondary N) is 1. The highest BCUT2D eigenvalue weighted by Gasteiger charge is 2.32. The van der Waals surface area contributed by atoms with Gasteiger partial charge in [0.2, 0.25) is 0 Å². The molecule has 1 atom stereocenters. The molecular formula is C25H18ClN3O3S. The van der Waals surface area contributed by atoms with Crippen LogP contribution in [0.15, 0.2) is 98.7 Å². The second-order valence-corrected chi connectivity index (χ2v) is 8.96. The zero-order chi connectivity index (χ0) is 22.9. The number of aromatic nitrogens is 1. The van der Waals surface area contributed by atoms with Crippen LogP contribution in [0.1, 0.15) is 24.1 Å². The van der Waals surface area contributed by atoms with Gasteiger partial charge in [-0.1, -0.05) is 53.3 Å². The molecule has 0 spiro atoms. The van der Waals surface area contributed by atoms with Gasteiger partial charge in [-0.3, -0.25) is 14.2 Å². The van der Waals surface area contributed by atoms with Gasteiger partial charge in [-0.05, 0) is 48.9 Å². The van der Waals surface area contributed by atoms with E-state index in [9.17, 15) is 9.59 Å². The summed E-state index contributed by atoms with van der Waals surface area (Å²) in [5.74, 6) is -0.313. The van der Waals surface area contributed by atoms with Crippen LogP contribution in [-0.4, -0.2) is 10.5 Å². The highest BCUT2D eigenvalue weighted by atomic mass is 35.5. The van der Waals surface area contributed by atoms with Crippen LogP contribution in [0.5, 0.6) is 0 Å². The normalized spacial score (nSPS) is 15.8. The van der Waals surface area contributed by atoms with Crippen molar-refractivity contribution in [2.75, 3.05) is 5.32 Å². The van der Waals surface area contributed by atoms with Crippen LogP contribution < -0.4 is 20.2 Å². The first-order valence-electron chi connectivity index (χ1n) is 10.2. The molecule has 0 bridgehead atoms. The van der Waals surface area contributed by atoms with Gasteiger partial charge in [0.25, 0.3) is 11.5 Å². The Morgan fingerprint density at radius 3 is 2.61 bits per heavy atom. The van der Waals surface area contributed by atoms with E-state index >= 15 is 0 Å². The Hall–Kier alpha value is -3.68. The molecule has 2 aromatic heterocycles. The largest absolute Gasteiger partial charge is 0.472 e. The van der Waals surface area contributed by atoms with Crippen molar-refractivity contribution in [3.05, 3.63) is 120 Å². The van der Waals surface area contributed by atoms with Crippen molar-refractivity contribution >= 4 is 40.6 Å². The molecule has 0 radical (unpaired) electrons. The molecule has 0 fully saturated rings. The summed E-state index contributed by atoms with van der Waals surface area (Å²) >= 11 is 7.39. The van der Waals surface area contributed by atoms with Gasteiger partial charge in [-0.2, -0.15) is 0 Å². The maximum Gasteiger partial charge on any atom is 0.271 e. The van der Waals surface area contributed by atoms with Crippen molar-refractivity contribution in [1.82, 2.24) is 4.57 Å². The van der Waals surface area contributed by atoms with E-state index in [1.165, 1.54) is 11.3 Å². The third-order valence-corrected chi connectivity index (χ3v) is 6.56. The zero-order valence-electron chi connectivity index (χ0n) is 17.5. The Kier molecular flexibility index (Phi) is 5.58. The number of thiazole rings is 1. The second kappa shape index (κ2) is 8.69. The van der Waals surface area contributed by atoms with E-state index in [0.717, 1.165) is 11.1 Å². The smallest absolute Gasteiger partial charge is 0.271 e. The lowest BCUT2D eigenvalue weighted by atomic mass is 9.95. The van der Waals surface area contributed by atoms with Gasteiger partial charge in [0.15, 0.2) is 4.80 Å². The summed E-state index contributed by atoms with van der Waals surface area (Å²) < 4.78 is 7.20. The number of rotatable bonds is 4. The zero-order valence-corrected chi connectivity index (χ0v) is 19.1. The van der Waals surface area contributed by atoms with Crippen LogP contribution in [0.3, 0.4) is 0 Å². The van der Waals surface area contributed by atoms with Gasteiger partial charge in [0, 0.05) is 16.3 Å².